The Kier molecular flexibility index (Phi) is 5.46. The maximum Gasteiger partial charge on any atom is 0.358 e. The fourth-order valence-corrected chi connectivity index (χ4v) is 2.62. The lowest BCUT2D eigenvalue weighted by Gasteiger charge is -2.08. The van der Waals surface area contributed by atoms with E-state index in [9.17, 15) is 9.90 Å². The first-order valence-corrected chi connectivity index (χ1v) is 7.76. The Morgan fingerprint density at radius 1 is 1.48 bits per heavy atom. The predicted molar refractivity (Wildman–Crippen MR) is 80.6 cm³/mol. The molecular formula is C14H19N3O3S. The van der Waals surface area contributed by atoms with Crippen LogP contribution in [-0.2, 0) is 11.3 Å². The van der Waals surface area contributed by atoms with E-state index in [2.05, 4.69) is 24.2 Å². The second-order valence-electron chi connectivity index (χ2n) is 5.09. The van der Waals surface area contributed by atoms with Crippen LogP contribution >= 0.6 is 11.3 Å². The van der Waals surface area contributed by atoms with Gasteiger partial charge in [0, 0.05) is 6.61 Å². The molecule has 2 aromatic heterocycles. The molecule has 0 aliphatic carbocycles. The minimum absolute atomic E-state index is 0.0142. The highest BCUT2D eigenvalue weighted by Gasteiger charge is 2.21. The van der Waals surface area contributed by atoms with Gasteiger partial charge in [0.1, 0.15) is 5.69 Å². The Balaban J connectivity index is 2.04. The number of aromatic nitrogens is 3. The first-order valence-electron chi connectivity index (χ1n) is 6.88. The topological polar surface area (TPSA) is 77.2 Å². The largest absolute Gasteiger partial charge is 0.476 e. The maximum absolute atomic E-state index is 11.2. The molecule has 0 fully saturated rings. The molecule has 1 N–H and O–H groups in total. The lowest BCUT2D eigenvalue weighted by molar-refractivity contribution is 0.0691. The number of carboxylic acids is 1. The van der Waals surface area contributed by atoms with Gasteiger partial charge in [-0.1, -0.05) is 25.1 Å². The molecule has 114 valence electrons. The Bertz CT molecular complexity index is 578. The summed E-state index contributed by atoms with van der Waals surface area (Å²) >= 11 is 1.47. The number of nitrogens with zero attached hydrogens (tertiary/aromatic N) is 3. The normalized spacial score (nSPS) is 11.2. The molecule has 0 spiro atoms. The summed E-state index contributed by atoms with van der Waals surface area (Å²) < 4.78 is 7.16. The summed E-state index contributed by atoms with van der Waals surface area (Å²) in [6.07, 6.45) is 1.01. The summed E-state index contributed by atoms with van der Waals surface area (Å²) in [6.45, 7) is 5.98. The van der Waals surface area contributed by atoms with Gasteiger partial charge >= 0.3 is 5.97 Å². The van der Waals surface area contributed by atoms with Crippen LogP contribution in [-0.4, -0.2) is 39.3 Å². The molecule has 0 radical (unpaired) electrons. The number of hydrogen-bond acceptors (Lipinski definition) is 5. The van der Waals surface area contributed by atoms with Crippen molar-refractivity contribution in [3.63, 3.8) is 0 Å². The molecule has 0 saturated heterocycles. The SMILES string of the molecule is CC(C)CCOCCn1nnc(C(=O)O)c1-c1cccs1. The van der Waals surface area contributed by atoms with Crippen molar-refractivity contribution in [1.29, 1.82) is 0 Å². The summed E-state index contributed by atoms with van der Waals surface area (Å²) in [5.74, 6) is -0.456. The van der Waals surface area contributed by atoms with E-state index in [0.29, 0.717) is 31.4 Å². The lowest BCUT2D eigenvalue weighted by Crippen LogP contribution is -2.10. The van der Waals surface area contributed by atoms with E-state index >= 15 is 0 Å². The van der Waals surface area contributed by atoms with Gasteiger partial charge in [0.05, 0.1) is 18.0 Å². The molecule has 2 rings (SSSR count). The van der Waals surface area contributed by atoms with Gasteiger partial charge < -0.3 is 9.84 Å². The van der Waals surface area contributed by atoms with Crippen LogP contribution in [0.4, 0.5) is 0 Å². The van der Waals surface area contributed by atoms with Gasteiger partial charge in [-0.3, -0.25) is 0 Å². The number of hydrogen-bond donors (Lipinski definition) is 1. The Hall–Kier alpha value is -1.73. The van der Waals surface area contributed by atoms with Crippen LogP contribution in [0.1, 0.15) is 30.8 Å². The van der Waals surface area contributed by atoms with Gasteiger partial charge in [0.2, 0.25) is 0 Å². The highest BCUT2D eigenvalue weighted by molar-refractivity contribution is 7.13. The number of ether oxygens (including phenoxy) is 1. The Morgan fingerprint density at radius 3 is 2.90 bits per heavy atom. The van der Waals surface area contributed by atoms with Gasteiger partial charge in [0.15, 0.2) is 5.69 Å². The van der Waals surface area contributed by atoms with E-state index in [1.165, 1.54) is 11.3 Å². The molecule has 0 amide bonds. The maximum atomic E-state index is 11.2. The molecule has 0 bridgehead atoms. The van der Waals surface area contributed by atoms with Crippen molar-refractivity contribution in [3.8, 4) is 10.6 Å². The van der Waals surface area contributed by atoms with Crippen LogP contribution < -0.4 is 0 Å². The molecule has 0 aliphatic heterocycles. The number of aromatic carboxylic acids is 1. The van der Waals surface area contributed by atoms with Crippen molar-refractivity contribution in [2.24, 2.45) is 5.92 Å². The third kappa shape index (κ3) is 4.12. The highest BCUT2D eigenvalue weighted by Crippen LogP contribution is 2.26. The van der Waals surface area contributed by atoms with Gasteiger partial charge in [-0.25, -0.2) is 9.48 Å². The van der Waals surface area contributed by atoms with Crippen LogP contribution in [0.3, 0.4) is 0 Å². The van der Waals surface area contributed by atoms with E-state index in [1.54, 1.807) is 4.68 Å². The summed E-state index contributed by atoms with van der Waals surface area (Å²) in [6, 6.07) is 3.74. The molecule has 0 atom stereocenters. The van der Waals surface area contributed by atoms with Gasteiger partial charge in [-0.05, 0) is 23.8 Å². The second-order valence-corrected chi connectivity index (χ2v) is 6.03. The zero-order valence-electron chi connectivity index (χ0n) is 12.2. The minimum Gasteiger partial charge on any atom is -0.476 e. The monoisotopic (exact) mass is 309 g/mol. The average molecular weight is 309 g/mol. The smallest absolute Gasteiger partial charge is 0.358 e. The minimum atomic E-state index is -1.06. The predicted octanol–water partition coefficient (Wildman–Crippen LogP) is 2.77. The van der Waals surface area contributed by atoms with E-state index in [0.717, 1.165) is 11.3 Å². The Morgan fingerprint density at radius 2 is 2.29 bits per heavy atom. The van der Waals surface area contributed by atoms with Crippen molar-refractivity contribution in [3.05, 3.63) is 23.2 Å². The summed E-state index contributed by atoms with van der Waals surface area (Å²) in [4.78, 5) is 12.1. The van der Waals surface area contributed by atoms with Crippen LogP contribution in [0.15, 0.2) is 17.5 Å². The van der Waals surface area contributed by atoms with Crippen LogP contribution in [0, 0.1) is 5.92 Å². The Labute approximate surface area is 127 Å². The van der Waals surface area contributed by atoms with E-state index in [4.69, 9.17) is 4.74 Å². The van der Waals surface area contributed by atoms with Crippen LogP contribution in [0.25, 0.3) is 10.6 Å². The third-order valence-corrected chi connectivity index (χ3v) is 3.86. The standard InChI is InChI=1S/C14H19N3O3S/c1-10(2)5-7-20-8-6-17-13(11-4-3-9-21-11)12(14(18)19)15-16-17/h3-4,9-10H,5-8H2,1-2H3,(H,18,19). The number of carbonyl (C=O) groups is 1. The van der Waals surface area contributed by atoms with Crippen molar-refractivity contribution in [2.45, 2.75) is 26.8 Å². The summed E-state index contributed by atoms with van der Waals surface area (Å²) in [7, 11) is 0. The number of rotatable bonds is 8. The van der Waals surface area contributed by atoms with Gasteiger partial charge in [-0.15, -0.1) is 16.4 Å². The molecule has 6 nitrogen and oxygen atoms in total. The quantitative estimate of drug-likeness (QED) is 0.759. The summed E-state index contributed by atoms with van der Waals surface area (Å²) in [5, 5.41) is 18.8. The zero-order chi connectivity index (χ0) is 15.2. The highest BCUT2D eigenvalue weighted by atomic mass is 32.1. The first kappa shape index (κ1) is 15.7. The van der Waals surface area contributed by atoms with E-state index < -0.39 is 5.97 Å². The molecule has 2 aromatic rings. The zero-order valence-corrected chi connectivity index (χ0v) is 13.0. The molecule has 0 aliphatic rings. The van der Waals surface area contributed by atoms with Crippen molar-refractivity contribution in [1.82, 2.24) is 15.0 Å². The average Bonchev–Trinajstić information content (AvgIpc) is 3.06. The van der Waals surface area contributed by atoms with Crippen molar-refractivity contribution < 1.29 is 14.6 Å². The summed E-state index contributed by atoms with van der Waals surface area (Å²) in [5.41, 5.74) is 0.532. The van der Waals surface area contributed by atoms with Crippen molar-refractivity contribution >= 4 is 17.3 Å². The lowest BCUT2D eigenvalue weighted by atomic mass is 10.1. The van der Waals surface area contributed by atoms with Crippen molar-refractivity contribution in [2.75, 3.05) is 13.2 Å². The molecule has 2 heterocycles. The first-order chi connectivity index (χ1) is 10.1. The van der Waals surface area contributed by atoms with E-state index in [1.807, 2.05) is 17.5 Å². The molecule has 7 heteroatoms. The third-order valence-electron chi connectivity index (χ3n) is 2.98. The fourth-order valence-electron chi connectivity index (χ4n) is 1.84. The van der Waals surface area contributed by atoms with E-state index in [-0.39, 0.29) is 5.69 Å². The number of carboxylic acid groups (broad SMARTS) is 1. The number of thiophene rings is 1. The second kappa shape index (κ2) is 7.33. The molecule has 0 unspecified atom stereocenters. The molecule has 21 heavy (non-hydrogen) atoms. The molecule has 0 saturated carbocycles. The molecular weight excluding hydrogens is 290 g/mol. The van der Waals surface area contributed by atoms with Gasteiger partial charge in [-0.2, -0.15) is 0 Å². The van der Waals surface area contributed by atoms with Crippen LogP contribution in [0.2, 0.25) is 0 Å². The van der Waals surface area contributed by atoms with Crippen LogP contribution in [0.5, 0.6) is 0 Å². The van der Waals surface area contributed by atoms with Gasteiger partial charge in [0.25, 0.3) is 0 Å². The fraction of sp³-hybridized carbons (Fsp3) is 0.500. The molecule has 0 aromatic carbocycles.